The van der Waals surface area contributed by atoms with Gasteiger partial charge in [-0.3, -0.25) is 0 Å². The SMILES string of the molecule is CCCCOC(C(=O)O)C(O)C(O)C(O)C(O)C(O)CO. The zero-order chi connectivity index (χ0) is 16.6. The van der Waals surface area contributed by atoms with Gasteiger partial charge in [0.05, 0.1) is 6.61 Å². The van der Waals surface area contributed by atoms with Crippen molar-refractivity contribution in [2.75, 3.05) is 13.2 Å². The minimum atomic E-state index is -2.08. The van der Waals surface area contributed by atoms with Crippen LogP contribution in [-0.4, -0.2) is 91.6 Å². The molecule has 7 N–H and O–H groups in total. The Labute approximate surface area is 122 Å². The van der Waals surface area contributed by atoms with Crippen molar-refractivity contribution in [3.05, 3.63) is 0 Å². The van der Waals surface area contributed by atoms with Gasteiger partial charge in [0.1, 0.15) is 30.5 Å². The molecule has 9 heteroatoms. The summed E-state index contributed by atoms with van der Waals surface area (Å²) < 4.78 is 4.93. The van der Waals surface area contributed by atoms with Crippen LogP contribution >= 0.6 is 0 Å². The number of hydrogen-bond donors (Lipinski definition) is 7. The third-order valence-corrected chi connectivity index (χ3v) is 2.98. The molecule has 0 bridgehead atoms. The Morgan fingerprint density at radius 1 is 1.00 bits per heavy atom. The van der Waals surface area contributed by atoms with Crippen molar-refractivity contribution in [2.24, 2.45) is 0 Å². The number of ether oxygens (including phenoxy) is 1. The predicted molar refractivity (Wildman–Crippen MR) is 69.4 cm³/mol. The van der Waals surface area contributed by atoms with Gasteiger partial charge in [-0.2, -0.15) is 0 Å². The number of carboxylic acid groups (broad SMARTS) is 1. The zero-order valence-electron chi connectivity index (χ0n) is 11.7. The Balaban J connectivity index is 4.74. The highest BCUT2D eigenvalue weighted by Gasteiger charge is 2.40. The van der Waals surface area contributed by atoms with E-state index in [0.29, 0.717) is 6.42 Å². The van der Waals surface area contributed by atoms with E-state index in [2.05, 4.69) is 0 Å². The van der Waals surface area contributed by atoms with Gasteiger partial charge in [-0.15, -0.1) is 0 Å². The van der Waals surface area contributed by atoms with Gasteiger partial charge >= 0.3 is 5.97 Å². The molecule has 0 aliphatic carbocycles. The van der Waals surface area contributed by atoms with Gasteiger partial charge in [-0.1, -0.05) is 13.3 Å². The molecule has 0 aromatic heterocycles. The largest absolute Gasteiger partial charge is 0.479 e. The lowest BCUT2D eigenvalue weighted by molar-refractivity contribution is -0.182. The maximum atomic E-state index is 11.0. The van der Waals surface area contributed by atoms with E-state index in [0.717, 1.165) is 6.42 Å². The molecule has 6 atom stereocenters. The molecule has 0 aromatic carbocycles. The van der Waals surface area contributed by atoms with Gasteiger partial charge in [0, 0.05) is 6.61 Å². The lowest BCUT2D eigenvalue weighted by atomic mass is 9.96. The van der Waals surface area contributed by atoms with Gasteiger partial charge in [-0.25, -0.2) is 4.79 Å². The van der Waals surface area contributed by atoms with Crippen LogP contribution in [0, 0.1) is 0 Å². The first-order chi connectivity index (χ1) is 9.77. The molecule has 0 aliphatic heterocycles. The van der Waals surface area contributed by atoms with Crippen molar-refractivity contribution in [3.63, 3.8) is 0 Å². The summed E-state index contributed by atoms with van der Waals surface area (Å²) in [7, 11) is 0. The summed E-state index contributed by atoms with van der Waals surface area (Å²) in [6.45, 7) is 1.01. The summed E-state index contributed by atoms with van der Waals surface area (Å²) in [6, 6.07) is 0. The van der Waals surface area contributed by atoms with Crippen LogP contribution in [0.4, 0.5) is 0 Å². The number of hydrogen-bond acceptors (Lipinski definition) is 8. The van der Waals surface area contributed by atoms with E-state index in [1.807, 2.05) is 6.92 Å². The number of unbranched alkanes of at least 4 members (excludes halogenated alkanes) is 1. The van der Waals surface area contributed by atoms with Crippen LogP contribution in [-0.2, 0) is 9.53 Å². The summed E-state index contributed by atoms with van der Waals surface area (Å²) in [4.78, 5) is 11.0. The third kappa shape index (κ3) is 6.22. The number of aliphatic hydroxyl groups is 6. The second-order valence-electron chi connectivity index (χ2n) is 4.70. The number of carboxylic acids is 1. The van der Waals surface area contributed by atoms with Crippen LogP contribution in [0.25, 0.3) is 0 Å². The fraction of sp³-hybridized carbons (Fsp3) is 0.917. The van der Waals surface area contributed by atoms with E-state index in [4.69, 9.17) is 20.1 Å². The van der Waals surface area contributed by atoms with Crippen molar-refractivity contribution in [2.45, 2.75) is 56.4 Å². The summed E-state index contributed by atoms with van der Waals surface area (Å²) in [5.41, 5.74) is 0. The molecule has 0 saturated carbocycles. The molecular formula is C12H24O9. The zero-order valence-corrected chi connectivity index (χ0v) is 11.7. The van der Waals surface area contributed by atoms with Crippen LogP contribution in [0.15, 0.2) is 0 Å². The molecule has 6 unspecified atom stereocenters. The monoisotopic (exact) mass is 312 g/mol. The molecular weight excluding hydrogens is 288 g/mol. The van der Waals surface area contributed by atoms with Gasteiger partial charge in [0.2, 0.25) is 0 Å². The van der Waals surface area contributed by atoms with Crippen LogP contribution < -0.4 is 0 Å². The topological polar surface area (TPSA) is 168 Å². The van der Waals surface area contributed by atoms with Crippen LogP contribution in [0.1, 0.15) is 19.8 Å². The lowest BCUT2D eigenvalue weighted by Gasteiger charge is -2.30. The van der Waals surface area contributed by atoms with Crippen LogP contribution in [0.2, 0.25) is 0 Å². The van der Waals surface area contributed by atoms with E-state index in [9.17, 15) is 25.2 Å². The van der Waals surface area contributed by atoms with Crippen molar-refractivity contribution < 1.29 is 45.3 Å². The second-order valence-corrected chi connectivity index (χ2v) is 4.70. The molecule has 21 heavy (non-hydrogen) atoms. The Hall–Kier alpha value is -0.810. The lowest BCUT2D eigenvalue weighted by Crippen LogP contribution is -2.54. The van der Waals surface area contributed by atoms with Crippen molar-refractivity contribution in [1.29, 1.82) is 0 Å². The molecule has 0 aromatic rings. The van der Waals surface area contributed by atoms with Gasteiger partial charge in [0.25, 0.3) is 0 Å². The molecule has 0 fully saturated rings. The maximum absolute atomic E-state index is 11.0. The average Bonchev–Trinajstić information content (AvgIpc) is 2.47. The molecule has 0 rings (SSSR count). The first-order valence-electron chi connectivity index (χ1n) is 6.63. The standard InChI is InChI=1S/C12H24O9/c1-2-3-4-21-11(12(19)20)10(18)9(17)8(16)7(15)6(14)5-13/h6-11,13-18H,2-5H2,1H3,(H,19,20). The highest BCUT2D eigenvalue weighted by atomic mass is 16.5. The molecule has 0 radical (unpaired) electrons. The Morgan fingerprint density at radius 3 is 1.95 bits per heavy atom. The maximum Gasteiger partial charge on any atom is 0.335 e. The van der Waals surface area contributed by atoms with E-state index < -0.39 is 49.2 Å². The Kier molecular flexibility index (Phi) is 9.62. The third-order valence-electron chi connectivity index (χ3n) is 2.98. The fourth-order valence-corrected chi connectivity index (χ4v) is 1.59. The number of aliphatic carboxylic acids is 1. The second kappa shape index (κ2) is 10.0. The molecule has 0 spiro atoms. The number of rotatable bonds is 11. The Morgan fingerprint density at radius 2 is 1.52 bits per heavy atom. The van der Waals surface area contributed by atoms with E-state index in [1.54, 1.807) is 0 Å². The quantitative estimate of drug-likeness (QED) is 0.197. The molecule has 0 heterocycles. The van der Waals surface area contributed by atoms with E-state index >= 15 is 0 Å². The average molecular weight is 312 g/mol. The molecule has 9 nitrogen and oxygen atoms in total. The minimum absolute atomic E-state index is 0.0369. The fourth-order valence-electron chi connectivity index (χ4n) is 1.59. The minimum Gasteiger partial charge on any atom is -0.479 e. The summed E-state index contributed by atoms with van der Waals surface area (Å²) in [5, 5.41) is 65.1. The summed E-state index contributed by atoms with van der Waals surface area (Å²) >= 11 is 0. The van der Waals surface area contributed by atoms with Gasteiger partial charge in [0.15, 0.2) is 6.10 Å². The highest BCUT2D eigenvalue weighted by Crippen LogP contribution is 2.13. The number of aliphatic hydroxyl groups excluding tert-OH is 6. The molecule has 0 aliphatic rings. The van der Waals surface area contributed by atoms with Crippen LogP contribution in [0.5, 0.6) is 0 Å². The summed E-state index contributed by atoms with van der Waals surface area (Å²) in [6.07, 6.45) is -10.4. The Bertz CT molecular complexity index is 298. The molecule has 0 saturated heterocycles. The highest BCUT2D eigenvalue weighted by molar-refractivity contribution is 5.73. The molecule has 126 valence electrons. The van der Waals surface area contributed by atoms with Crippen LogP contribution in [0.3, 0.4) is 0 Å². The first-order valence-corrected chi connectivity index (χ1v) is 6.63. The smallest absolute Gasteiger partial charge is 0.335 e. The molecule has 0 amide bonds. The van der Waals surface area contributed by atoms with E-state index in [-0.39, 0.29) is 6.61 Å². The number of carbonyl (C=O) groups is 1. The van der Waals surface area contributed by atoms with Gasteiger partial charge < -0.3 is 40.5 Å². The first kappa shape index (κ1) is 20.2. The van der Waals surface area contributed by atoms with Gasteiger partial charge in [-0.05, 0) is 6.42 Å². The van der Waals surface area contributed by atoms with Crippen molar-refractivity contribution in [1.82, 2.24) is 0 Å². The predicted octanol–water partition coefficient (Wildman–Crippen LogP) is -2.95. The normalized spacial score (nSPS) is 20.3. The summed E-state index contributed by atoms with van der Waals surface area (Å²) in [5.74, 6) is -1.54. The van der Waals surface area contributed by atoms with Crippen molar-refractivity contribution >= 4 is 5.97 Å². The van der Waals surface area contributed by atoms with Crippen molar-refractivity contribution in [3.8, 4) is 0 Å². The van der Waals surface area contributed by atoms with E-state index in [1.165, 1.54) is 0 Å².